The summed E-state index contributed by atoms with van der Waals surface area (Å²) in [7, 11) is 0. The minimum atomic E-state index is 0.471. The summed E-state index contributed by atoms with van der Waals surface area (Å²) in [6, 6.07) is 13.0. The van der Waals surface area contributed by atoms with E-state index in [2.05, 4.69) is 54.2 Å². The molecule has 0 saturated carbocycles. The number of aromatic nitrogens is 1. The van der Waals surface area contributed by atoms with Crippen molar-refractivity contribution >= 4 is 10.9 Å². The summed E-state index contributed by atoms with van der Waals surface area (Å²) in [4.78, 5) is 0. The molecule has 0 saturated heterocycles. The molecule has 0 aliphatic carbocycles. The standard InChI is InChI=1S/C17H20N2O/c1-13(2)19-12-14(16-7-3-4-8-17(16)19)10-18-11-15-6-5-9-20-15/h3-9,12-13,18H,10-11H2,1-2H3. The van der Waals surface area contributed by atoms with Gasteiger partial charge in [0.1, 0.15) is 5.76 Å². The van der Waals surface area contributed by atoms with Crippen LogP contribution < -0.4 is 5.32 Å². The minimum absolute atomic E-state index is 0.471. The Morgan fingerprint density at radius 3 is 2.70 bits per heavy atom. The quantitative estimate of drug-likeness (QED) is 0.755. The van der Waals surface area contributed by atoms with E-state index in [0.717, 1.165) is 18.8 Å². The number of para-hydroxylation sites is 1. The molecule has 0 atom stereocenters. The Morgan fingerprint density at radius 2 is 1.95 bits per heavy atom. The number of rotatable bonds is 5. The van der Waals surface area contributed by atoms with Gasteiger partial charge in [0.2, 0.25) is 0 Å². The first kappa shape index (κ1) is 13.0. The normalized spacial score (nSPS) is 11.6. The van der Waals surface area contributed by atoms with E-state index in [1.165, 1.54) is 16.5 Å². The van der Waals surface area contributed by atoms with Crippen molar-refractivity contribution < 1.29 is 4.42 Å². The highest BCUT2D eigenvalue weighted by molar-refractivity contribution is 5.84. The molecule has 0 spiro atoms. The van der Waals surface area contributed by atoms with Gasteiger partial charge in [-0.3, -0.25) is 0 Å². The molecule has 3 rings (SSSR count). The van der Waals surface area contributed by atoms with Crippen molar-refractivity contribution in [2.75, 3.05) is 0 Å². The molecule has 3 nitrogen and oxygen atoms in total. The Morgan fingerprint density at radius 1 is 1.10 bits per heavy atom. The van der Waals surface area contributed by atoms with E-state index >= 15 is 0 Å². The van der Waals surface area contributed by atoms with Crippen molar-refractivity contribution in [3.63, 3.8) is 0 Å². The Labute approximate surface area is 119 Å². The number of hydrogen-bond donors (Lipinski definition) is 1. The van der Waals surface area contributed by atoms with Gasteiger partial charge in [0.25, 0.3) is 0 Å². The monoisotopic (exact) mass is 268 g/mol. The molecule has 104 valence electrons. The van der Waals surface area contributed by atoms with E-state index in [1.807, 2.05) is 12.1 Å². The summed E-state index contributed by atoms with van der Waals surface area (Å²) in [5, 5.41) is 4.77. The molecule has 1 aromatic carbocycles. The zero-order valence-corrected chi connectivity index (χ0v) is 12.0. The van der Waals surface area contributed by atoms with E-state index in [0.29, 0.717) is 6.04 Å². The molecule has 0 aliphatic rings. The van der Waals surface area contributed by atoms with Crippen LogP contribution in [0.1, 0.15) is 31.2 Å². The molecule has 3 heteroatoms. The van der Waals surface area contributed by atoms with Crippen LogP contribution in [0.4, 0.5) is 0 Å². The maximum absolute atomic E-state index is 5.33. The smallest absolute Gasteiger partial charge is 0.117 e. The van der Waals surface area contributed by atoms with Crippen LogP contribution in [0.15, 0.2) is 53.3 Å². The summed E-state index contributed by atoms with van der Waals surface area (Å²) in [6.45, 7) is 6.04. The predicted octanol–water partition coefficient (Wildman–Crippen LogP) is 4.11. The second kappa shape index (κ2) is 5.55. The minimum Gasteiger partial charge on any atom is -0.468 e. The molecular formula is C17H20N2O. The van der Waals surface area contributed by atoms with Crippen LogP contribution in [0, 0.1) is 0 Å². The summed E-state index contributed by atoms with van der Waals surface area (Å²) < 4.78 is 7.67. The summed E-state index contributed by atoms with van der Waals surface area (Å²) in [5.41, 5.74) is 2.64. The highest BCUT2D eigenvalue weighted by Gasteiger charge is 2.09. The molecule has 0 bridgehead atoms. The van der Waals surface area contributed by atoms with Crippen LogP contribution in [0.2, 0.25) is 0 Å². The molecule has 0 amide bonds. The molecule has 1 N–H and O–H groups in total. The molecule has 3 aromatic rings. The number of furan rings is 1. The fourth-order valence-electron chi connectivity index (χ4n) is 2.58. The van der Waals surface area contributed by atoms with Gasteiger partial charge in [-0.25, -0.2) is 0 Å². The Balaban J connectivity index is 1.80. The third-order valence-corrected chi connectivity index (χ3v) is 3.57. The van der Waals surface area contributed by atoms with Crippen LogP contribution in [0.25, 0.3) is 10.9 Å². The van der Waals surface area contributed by atoms with Gasteiger partial charge < -0.3 is 14.3 Å². The molecular weight excluding hydrogens is 248 g/mol. The Hall–Kier alpha value is -2.00. The second-order valence-corrected chi connectivity index (χ2v) is 5.36. The lowest BCUT2D eigenvalue weighted by Gasteiger charge is -2.08. The van der Waals surface area contributed by atoms with Crippen molar-refractivity contribution in [1.29, 1.82) is 0 Å². The third-order valence-electron chi connectivity index (χ3n) is 3.57. The fraction of sp³-hybridized carbons (Fsp3) is 0.294. The summed E-state index contributed by atoms with van der Waals surface area (Å²) >= 11 is 0. The molecule has 0 unspecified atom stereocenters. The first-order valence-corrected chi connectivity index (χ1v) is 7.07. The van der Waals surface area contributed by atoms with Crippen LogP contribution in [0.5, 0.6) is 0 Å². The average molecular weight is 268 g/mol. The van der Waals surface area contributed by atoms with Gasteiger partial charge in [0, 0.05) is 29.7 Å². The lowest BCUT2D eigenvalue weighted by atomic mass is 10.2. The largest absolute Gasteiger partial charge is 0.468 e. The molecule has 0 aliphatic heterocycles. The van der Waals surface area contributed by atoms with Gasteiger partial charge in [-0.2, -0.15) is 0 Å². The SMILES string of the molecule is CC(C)n1cc(CNCc2ccco2)c2ccccc21. The number of benzene rings is 1. The third kappa shape index (κ3) is 2.49. The maximum atomic E-state index is 5.33. The van der Waals surface area contributed by atoms with E-state index in [1.54, 1.807) is 6.26 Å². The number of hydrogen-bond acceptors (Lipinski definition) is 2. The predicted molar refractivity (Wildman–Crippen MR) is 81.6 cm³/mol. The van der Waals surface area contributed by atoms with Crippen LogP contribution >= 0.6 is 0 Å². The second-order valence-electron chi connectivity index (χ2n) is 5.36. The van der Waals surface area contributed by atoms with Crippen molar-refractivity contribution in [3.05, 3.63) is 60.2 Å². The van der Waals surface area contributed by atoms with Crippen molar-refractivity contribution in [2.45, 2.75) is 33.0 Å². The van der Waals surface area contributed by atoms with Crippen LogP contribution in [-0.4, -0.2) is 4.57 Å². The lowest BCUT2D eigenvalue weighted by Crippen LogP contribution is -2.11. The fourth-order valence-corrected chi connectivity index (χ4v) is 2.58. The van der Waals surface area contributed by atoms with Crippen LogP contribution in [-0.2, 0) is 13.1 Å². The Kier molecular flexibility index (Phi) is 3.61. The van der Waals surface area contributed by atoms with Gasteiger partial charge in [-0.1, -0.05) is 18.2 Å². The maximum Gasteiger partial charge on any atom is 0.117 e. The van der Waals surface area contributed by atoms with Crippen LogP contribution in [0.3, 0.4) is 0 Å². The summed E-state index contributed by atoms with van der Waals surface area (Å²) in [6.07, 6.45) is 3.96. The topological polar surface area (TPSA) is 30.1 Å². The lowest BCUT2D eigenvalue weighted by molar-refractivity contribution is 0.483. The first-order valence-electron chi connectivity index (χ1n) is 7.07. The molecule has 0 radical (unpaired) electrons. The van der Waals surface area contributed by atoms with E-state index < -0.39 is 0 Å². The van der Waals surface area contributed by atoms with E-state index in [9.17, 15) is 0 Å². The number of fused-ring (bicyclic) bond motifs is 1. The van der Waals surface area contributed by atoms with E-state index in [4.69, 9.17) is 4.42 Å². The number of nitrogens with zero attached hydrogens (tertiary/aromatic N) is 1. The van der Waals surface area contributed by atoms with Gasteiger partial charge in [-0.15, -0.1) is 0 Å². The van der Waals surface area contributed by atoms with Crippen molar-refractivity contribution in [2.24, 2.45) is 0 Å². The Bertz CT molecular complexity index is 680. The average Bonchev–Trinajstić information content (AvgIpc) is 3.07. The zero-order chi connectivity index (χ0) is 13.9. The number of nitrogens with one attached hydrogen (secondary N) is 1. The summed E-state index contributed by atoms with van der Waals surface area (Å²) in [5.74, 6) is 0.970. The van der Waals surface area contributed by atoms with Gasteiger partial charge in [0.15, 0.2) is 0 Å². The molecule has 20 heavy (non-hydrogen) atoms. The molecule has 2 heterocycles. The highest BCUT2D eigenvalue weighted by atomic mass is 16.3. The van der Waals surface area contributed by atoms with Crippen molar-refractivity contribution in [3.8, 4) is 0 Å². The van der Waals surface area contributed by atoms with Gasteiger partial charge >= 0.3 is 0 Å². The van der Waals surface area contributed by atoms with E-state index in [-0.39, 0.29) is 0 Å². The van der Waals surface area contributed by atoms with Crippen molar-refractivity contribution in [1.82, 2.24) is 9.88 Å². The molecule has 2 aromatic heterocycles. The molecule has 0 fully saturated rings. The zero-order valence-electron chi connectivity index (χ0n) is 12.0. The first-order chi connectivity index (χ1) is 9.75. The van der Waals surface area contributed by atoms with Gasteiger partial charge in [0.05, 0.1) is 12.8 Å². The highest BCUT2D eigenvalue weighted by Crippen LogP contribution is 2.24. The van der Waals surface area contributed by atoms with Gasteiger partial charge in [-0.05, 0) is 37.6 Å².